The minimum atomic E-state index is -0.643. The normalized spacial score (nSPS) is 22.2. The highest BCUT2D eigenvalue weighted by Crippen LogP contribution is 2.33. The zero-order chi connectivity index (χ0) is 14.9. The Labute approximate surface area is 137 Å². The third-order valence-corrected chi connectivity index (χ3v) is 6.33. The average Bonchev–Trinajstić information content (AvgIpc) is 2.84. The van der Waals surface area contributed by atoms with Gasteiger partial charge in [0.15, 0.2) is 0 Å². The maximum Gasteiger partial charge on any atom is 0.248 e. The third-order valence-electron chi connectivity index (χ3n) is 4.42. The second-order valence-corrected chi connectivity index (χ2v) is 7.71. The maximum atomic E-state index is 13.0. The summed E-state index contributed by atoms with van der Waals surface area (Å²) in [5.41, 5.74) is -0.643. The highest BCUT2D eigenvalue weighted by atomic mass is 79.9. The predicted octanol–water partition coefficient (Wildman–Crippen LogP) is 3.06. The van der Waals surface area contributed by atoms with Crippen molar-refractivity contribution in [1.29, 1.82) is 0 Å². The van der Waals surface area contributed by atoms with Crippen LogP contribution in [0.2, 0.25) is 0 Å². The van der Waals surface area contributed by atoms with Crippen molar-refractivity contribution in [2.75, 3.05) is 6.54 Å². The molecule has 3 rings (SSSR count). The van der Waals surface area contributed by atoms with Gasteiger partial charge in [0.25, 0.3) is 0 Å². The standard InChI is InChI=1S/C15H19BrN2O2S/c16-11-5-9-21-12(11)10-18-8-4-13(19)17-15(14(18)20)6-2-1-3-7-15/h5,9H,1-4,6-8,10H2,(H,17,19). The lowest BCUT2D eigenvalue weighted by molar-refractivity contribution is -0.140. The zero-order valence-electron chi connectivity index (χ0n) is 11.9. The van der Waals surface area contributed by atoms with Gasteiger partial charge in [0, 0.05) is 22.3 Å². The van der Waals surface area contributed by atoms with Crippen LogP contribution in [0, 0.1) is 0 Å². The lowest BCUT2D eigenvalue weighted by Gasteiger charge is -2.38. The van der Waals surface area contributed by atoms with E-state index in [-0.39, 0.29) is 11.8 Å². The van der Waals surface area contributed by atoms with Crippen molar-refractivity contribution >= 4 is 39.1 Å². The maximum absolute atomic E-state index is 13.0. The summed E-state index contributed by atoms with van der Waals surface area (Å²) >= 11 is 5.16. The molecule has 1 aliphatic carbocycles. The van der Waals surface area contributed by atoms with E-state index in [1.165, 1.54) is 0 Å². The molecule has 6 heteroatoms. The van der Waals surface area contributed by atoms with E-state index in [1.807, 2.05) is 16.3 Å². The number of amides is 2. The number of halogens is 1. The van der Waals surface area contributed by atoms with Gasteiger partial charge in [-0.15, -0.1) is 11.3 Å². The van der Waals surface area contributed by atoms with Crippen molar-refractivity contribution in [1.82, 2.24) is 10.2 Å². The van der Waals surface area contributed by atoms with E-state index in [2.05, 4.69) is 21.2 Å². The number of thiophene rings is 1. The first-order valence-electron chi connectivity index (χ1n) is 7.43. The molecule has 21 heavy (non-hydrogen) atoms. The molecule has 1 aliphatic heterocycles. The van der Waals surface area contributed by atoms with Gasteiger partial charge in [-0.3, -0.25) is 9.59 Å². The highest BCUT2D eigenvalue weighted by Gasteiger charge is 2.45. The second kappa shape index (κ2) is 6.08. The number of nitrogens with zero attached hydrogens (tertiary/aromatic N) is 1. The molecular formula is C15H19BrN2O2S. The Morgan fingerprint density at radius 3 is 2.71 bits per heavy atom. The molecule has 1 N–H and O–H groups in total. The van der Waals surface area contributed by atoms with Crippen LogP contribution in [0.25, 0.3) is 0 Å². The SMILES string of the molecule is O=C1CCN(Cc2sccc2Br)C(=O)C2(CCCCC2)N1. The number of hydrogen-bond acceptors (Lipinski definition) is 3. The van der Waals surface area contributed by atoms with Crippen molar-refractivity contribution in [3.8, 4) is 0 Å². The monoisotopic (exact) mass is 370 g/mol. The number of nitrogens with one attached hydrogen (secondary N) is 1. The summed E-state index contributed by atoms with van der Waals surface area (Å²) in [7, 11) is 0. The molecule has 2 aliphatic rings. The van der Waals surface area contributed by atoms with E-state index < -0.39 is 5.54 Å². The number of hydrogen-bond donors (Lipinski definition) is 1. The van der Waals surface area contributed by atoms with Crippen LogP contribution < -0.4 is 5.32 Å². The summed E-state index contributed by atoms with van der Waals surface area (Å²) in [6.07, 6.45) is 5.14. The van der Waals surface area contributed by atoms with Crippen molar-refractivity contribution in [2.45, 2.75) is 50.6 Å². The van der Waals surface area contributed by atoms with Crippen LogP contribution in [0.5, 0.6) is 0 Å². The molecule has 4 nitrogen and oxygen atoms in total. The fourth-order valence-electron chi connectivity index (χ4n) is 3.28. The molecule has 114 valence electrons. The van der Waals surface area contributed by atoms with Crippen molar-refractivity contribution in [2.24, 2.45) is 0 Å². The molecule has 1 saturated heterocycles. The summed E-state index contributed by atoms with van der Waals surface area (Å²) < 4.78 is 1.04. The average molecular weight is 371 g/mol. The molecule has 0 radical (unpaired) electrons. The van der Waals surface area contributed by atoms with E-state index in [0.29, 0.717) is 19.5 Å². The molecule has 0 aromatic carbocycles. The molecule has 1 spiro atoms. The summed E-state index contributed by atoms with van der Waals surface area (Å²) in [6.45, 7) is 1.10. The van der Waals surface area contributed by atoms with Crippen molar-refractivity contribution < 1.29 is 9.59 Å². The molecule has 0 unspecified atom stereocenters. The molecule has 2 amide bonds. The van der Waals surface area contributed by atoms with Gasteiger partial charge in [-0.25, -0.2) is 0 Å². The summed E-state index contributed by atoms with van der Waals surface area (Å²) in [5, 5.41) is 5.05. The fourth-order valence-corrected chi connectivity index (χ4v) is 4.77. The lowest BCUT2D eigenvalue weighted by atomic mass is 9.80. The van der Waals surface area contributed by atoms with Gasteiger partial charge in [0.05, 0.1) is 6.54 Å². The first-order valence-corrected chi connectivity index (χ1v) is 9.10. The molecule has 0 atom stereocenters. The molecule has 0 bridgehead atoms. The van der Waals surface area contributed by atoms with Gasteiger partial charge in [-0.1, -0.05) is 19.3 Å². The predicted molar refractivity (Wildman–Crippen MR) is 86.0 cm³/mol. The van der Waals surface area contributed by atoms with Crippen LogP contribution in [0.1, 0.15) is 43.4 Å². The first kappa shape index (κ1) is 15.0. The smallest absolute Gasteiger partial charge is 0.248 e. The Kier molecular flexibility index (Phi) is 4.36. The number of carbonyl (C=O) groups excluding carboxylic acids is 2. The van der Waals surface area contributed by atoms with Crippen LogP contribution >= 0.6 is 27.3 Å². The molecule has 1 saturated carbocycles. The fraction of sp³-hybridized carbons (Fsp3) is 0.600. The molecule has 1 aromatic heterocycles. The van der Waals surface area contributed by atoms with Gasteiger partial charge in [0.1, 0.15) is 5.54 Å². The van der Waals surface area contributed by atoms with Crippen molar-refractivity contribution in [3.05, 3.63) is 20.8 Å². The molecule has 2 fully saturated rings. The Bertz CT molecular complexity index is 552. The molecular weight excluding hydrogens is 352 g/mol. The zero-order valence-corrected chi connectivity index (χ0v) is 14.3. The number of rotatable bonds is 2. The largest absolute Gasteiger partial charge is 0.342 e. The van der Waals surface area contributed by atoms with Crippen LogP contribution in [-0.4, -0.2) is 28.8 Å². The second-order valence-electron chi connectivity index (χ2n) is 5.86. The Balaban J connectivity index is 1.84. The minimum Gasteiger partial charge on any atom is -0.342 e. The van der Waals surface area contributed by atoms with Gasteiger partial charge >= 0.3 is 0 Å². The van der Waals surface area contributed by atoms with Crippen LogP contribution in [0.15, 0.2) is 15.9 Å². The summed E-state index contributed by atoms with van der Waals surface area (Å²) in [5.74, 6) is 0.117. The van der Waals surface area contributed by atoms with Gasteiger partial charge < -0.3 is 10.2 Å². The van der Waals surface area contributed by atoms with Gasteiger partial charge in [-0.05, 0) is 40.2 Å². The van der Waals surface area contributed by atoms with E-state index in [1.54, 1.807) is 11.3 Å². The Morgan fingerprint density at radius 2 is 2.05 bits per heavy atom. The van der Waals surface area contributed by atoms with E-state index >= 15 is 0 Å². The Hall–Kier alpha value is -0.880. The van der Waals surface area contributed by atoms with Gasteiger partial charge in [0.2, 0.25) is 11.8 Å². The summed E-state index contributed by atoms with van der Waals surface area (Å²) in [6, 6.07) is 2.00. The number of carbonyl (C=O) groups is 2. The quantitative estimate of drug-likeness (QED) is 0.869. The summed E-state index contributed by atoms with van der Waals surface area (Å²) in [4.78, 5) is 28.0. The van der Waals surface area contributed by atoms with Crippen LogP contribution in [0.4, 0.5) is 0 Å². The van der Waals surface area contributed by atoms with Gasteiger partial charge in [-0.2, -0.15) is 0 Å². The molecule has 1 aromatic rings. The minimum absolute atomic E-state index is 0.0120. The van der Waals surface area contributed by atoms with Crippen molar-refractivity contribution in [3.63, 3.8) is 0 Å². The first-order chi connectivity index (χ1) is 10.1. The molecule has 2 heterocycles. The van der Waals surface area contributed by atoms with Crippen LogP contribution in [0.3, 0.4) is 0 Å². The lowest BCUT2D eigenvalue weighted by Crippen LogP contribution is -2.57. The Morgan fingerprint density at radius 1 is 1.29 bits per heavy atom. The highest BCUT2D eigenvalue weighted by molar-refractivity contribution is 9.10. The third kappa shape index (κ3) is 3.01. The van der Waals surface area contributed by atoms with E-state index in [4.69, 9.17) is 0 Å². The topological polar surface area (TPSA) is 49.4 Å². The van der Waals surface area contributed by atoms with Crippen LogP contribution in [-0.2, 0) is 16.1 Å². The van der Waals surface area contributed by atoms with E-state index in [0.717, 1.165) is 41.5 Å². The van der Waals surface area contributed by atoms with E-state index in [9.17, 15) is 9.59 Å².